The number of allylic oxidation sites excluding steroid dienone is 1. The highest BCUT2D eigenvalue weighted by Gasteiger charge is 2.20. The van der Waals surface area contributed by atoms with Crippen LogP contribution in [0, 0.1) is 0 Å². The molecule has 1 aromatic heterocycles. The molecule has 0 N–H and O–H groups in total. The van der Waals surface area contributed by atoms with Crippen molar-refractivity contribution in [2.24, 2.45) is 0 Å². The molecule has 0 amide bonds. The molecule has 1 heterocycles. The van der Waals surface area contributed by atoms with Gasteiger partial charge in [0, 0.05) is 23.4 Å². The maximum atomic E-state index is 12.6. The molecule has 0 saturated carbocycles. The molecule has 0 unspecified atom stereocenters. The second kappa shape index (κ2) is 8.31. The van der Waals surface area contributed by atoms with Crippen molar-refractivity contribution in [2.75, 3.05) is 14.2 Å². The third-order valence-electron chi connectivity index (χ3n) is 3.20. The topological polar surface area (TPSA) is 61.8 Å². The van der Waals surface area contributed by atoms with Crippen molar-refractivity contribution >= 4 is 29.2 Å². The van der Waals surface area contributed by atoms with Crippen LogP contribution in [0.4, 0.5) is 0 Å². The fourth-order valence-corrected chi connectivity index (χ4v) is 2.61. The smallest absolute Gasteiger partial charge is 0.310 e. The molecule has 0 bridgehead atoms. The van der Waals surface area contributed by atoms with E-state index in [1.807, 2.05) is 17.5 Å². The summed E-state index contributed by atoms with van der Waals surface area (Å²) >= 11 is 1.52. The largest absolute Gasteiger partial charge is 0.496 e. The first-order valence-corrected chi connectivity index (χ1v) is 8.19. The van der Waals surface area contributed by atoms with Gasteiger partial charge in [0.05, 0.1) is 14.2 Å². The molecule has 1 aromatic carbocycles. The molecular weight excluding hydrogens is 328 g/mol. The summed E-state index contributed by atoms with van der Waals surface area (Å²) in [4.78, 5) is 25.2. The molecule has 0 radical (unpaired) electrons. The first kappa shape index (κ1) is 17.7. The molecule has 0 fully saturated rings. The Balaban J connectivity index is 2.44. The summed E-state index contributed by atoms with van der Waals surface area (Å²) in [6, 6.07) is 6.88. The van der Waals surface area contributed by atoms with Gasteiger partial charge in [-0.15, -0.1) is 11.3 Å². The Bertz CT molecular complexity index is 747. The molecule has 0 aliphatic heterocycles. The van der Waals surface area contributed by atoms with Crippen LogP contribution < -0.4 is 14.2 Å². The minimum Gasteiger partial charge on any atom is -0.496 e. The minimum absolute atomic E-state index is 0.124. The highest BCUT2D eigenvalue weighted by Crippen LogP contribution is 2.35. The maximum absolute atomic E-state index is 12.6. The van der Waals surface area contributed by atoms with E-state index in [1.54, 1.807) is 19.1 Å². The third kappa shape index (κ3) is 4.23. The molecular formula is C18H18O5S. The zero-order valence-corrected chi connectivity index (χ0v) is 14.5. The molecule has 0 atom stereocenters. The van der Waals surface area contributed by atoms with Crippen molar-refractivity contribution in [3.05, 3.63) is 46.2 Å². The molecule has 2 rings (SSSR count). The van der Waals surface area contributed by atoms with Crippen LogP contribution in [0.2, 0.25) is 0 Å². The van der Waals surface area contributed by atoms with Gasteiger partial charge in [-0.1, -0.05) is 13.0 Å². The van der Waals surface area contributed by atoms with Crippen LogP contribution in [-0.2, 0) is 4.79 Å². The van der Waals surface area contributed by atoms with Crippen LogP contribution >= 0.6 is 11.3 Å². The number of carbonyl (C=O) groups is 2. The lowest BCUT2D eigenvalue weighted by atomic mass is 10.1. The summed E-state index contributed by atoms with van der Waals surface area (Å²) in [5, 5.41) is 1.92. The SMILES string of the molecule is CCC(=O)Oc1cc(OC)cc(OC)c1C(=O)C=Cc1cccs1. The quantitative estimate of drug-likeness (QED) is 0.328. The van der Waals surface area contributed by atoms with Crippen molar-refractivity contribution in [3.63, 3.8) is 0 Å². The summed E-state index contributed by atoms with van der Waals surface area (Å²) < 4.78 is 15.7. The lowest BCUT2D eigenvalue weighted by Gasteiger charge is -2.13. The normalized spacial score (nSPS) is 10.6. The number of methoxy groups -OCH3 is 2. The summed E-state index contributed by atoms with van der Waals surface area (Å²) in [5.41, 5.74) is 0.188. The standard InChI is InChI=1S/C18H18O5S/c1-4-17(20)23-16-11-12(21-2)10-15(22-3)18(16)14(19)8-7-13-6-5-9-24-13/h5-11H,4H2,1-3H3. The van der Waals surface area contributed by atoms with Crippen molar-refractivity contribution < 1.29 is 23.8 Å². The molecule has 0 aliphatic carbocycles. The molecule has 0 aliphatic rings. The Morgan fingerprint density at radius 3 is 2.50 bits per heavy atom. The van der Waals surface area contributed by atoms with Crippen molar-refractivity contribution in [3.8, 4) is 17.2 Å². The Morgan fingerprint density at radius 2 is 1.92 bits per heavy atom. The van der Waals surface area contributed by atoms with Gasteiger partial charge in [0.25, 0.3) is 0 Å². The predicted molar refractivity (Wildman–Crippen MR) is 93.2 cm³/mol. The van der Waals surface area contributed by atoms with E-state index in [2.05, 4.69) is 0 Å². The molecule has 6 heteroatoms. The Hall–Kier alpha value is -2.60. The number of carbonyl (C=O) groups excluding carboxylic acids is 2. The van der Waals surface area contributed by atoms with Crippen LogP contribution in [0.5, 0.6) is 17.2 Å². The molecule has 2 aromatic rings. The van der Waals surface area contributed by atoms with Gasteiger partial charge in [0.15, 0.2) is 5.78 Å². The number of benzene rings is 1. The maximum Gasteiger partial charge on any atom is 0.310 e. The van der Waals surface area contributed by atoms with Crippen LogP contribution in [0.3, 0.4) is 0 Å². The van der Waals surface area contributed by atoms with E-state index >= 15 is 0 Å². The van der Waals surface area contributed by atoms with Gasteiger partial charge in [-0.25, -0.2) is 0 Å². The van der Waals surface area contributed by atoms with Crippen LogP contribution in [0.15, 0.2) is 35.7 Å². The van der Waals surface area contributed by atoms with Gasteiger partial charge in [0.2, 0.25) is 0 Å². The fraction of sp³-hybridized carbons (Fsp3) is 0.222. The average Bonchev–Trinajstić information content (AvgIpc) is 3.12. The zero-order chi connectivity index (χ0) is 17.5. The summed E-state index contributed by atoms with van der Waals surface area (Å²) in [7, 11) is 2.93. The third-order valence-corrected chi connectivity index (χ3v) is 4.03. The van der Waals surface area contributed by atoms with Crippen molar-refractivity contribution in [2.45, 2.75) is 13.3 Å². The second-order valence-corrected chi connectivity index (χ2v) is 5.72. The van der Waals surface area contributed by atoms with Gasteiger partial charge >= 0.3 is 5.97 Å². The van der Waals surface area contributed by atoms with Gasteiger partial charge in [-0.05, 0) is 23.6 Å². The molecule has 0 spiro atoms. The van der Waals surface area contributed by atoms with E-state index in [9.17, 15) is 9.59 Å². The van der Waals surface area contributed by atoms with Crippen molar-refractivity contribution in [1.29, 1.82) is 0 Å². The number of thiophene rings is 1. The summed E-state index contributed by atoms with van der Waals surface area (Å²) in [6.07, 6.45) is 3.33. The van der Waals surface area contributed by atoms with Crippen LogP contribution in [-0.4, -0.2) is 26.0 Å². The summed E-state index contributed by atoms with van der Waals surface area (Å²) in [6.45, 7) is 1.68. The van der Waals surface area contributed by atoms with E-state index in [0.29, 0.717) is 5.75 Å². The van der Waals surface area contributed by atoms with Crippen molar-refractivity contribution in [1.82, 2.24) is 0 Å². The van der Waals surface area contributed by atoms with Crippen LogP contribution in [0.1, 0.15) is 28.6 Å². The molecule has 0 saturated heterocycles. The molecule has 126 valence electrons. The lowest BCUT2D eigenvalue weighted by molar-refractivity contribution is -0.134. The molecule has 5 nitrogen and oxygen atoms in total. The number of ketones is 1. The number of hydrogen-bond donors (Lipinski definition) is 0. The fourth-order valence-electron chi connectivity index (χ4n) is 1.99. The van der Waals surface area contributed by atoms with E-state index in [4.69, 9.17) is 14.2 Å². The Labute approximate surface area is 144 Å². The van der Waals surface area contributed by atoms with Gasteiger partial charge in [-0.3, -0.25) is 9.59 Å². The number of ether oxygens (including phenoxy) is 3. The number of hydrogen-bond acceptors (Lipinski definition) is 6. The van der Waals surface area contributed by atoms with E-state index in [-0.39, 0.29) is 29.3 Å². The number of esters is 1. The summed E-state index contributed by atoms with van der Waals surface area (Å²) in [5.74, 6) is 0.0842. The predicted octanol–water partition coefficient (Wildman–Crippen LogP) is 3.98. The molecule has 24 heavy (non-hydrogen) atoms. The Morgan fingerprint density at radius 1 is 1.17 bits per heavy atom. The average molecular weight is 346 g/mol. The minimum atomic E-state index is -0.443. The zero-order valence-electron chi connectivity index (χ0n) is 13.7. The second-order valence-electron chi connectivity index (χ2n) is 4.74. The first-order chi connectivity index (χ1) is 11.6. The first-order valence-electron chi connectivity index (χ1n) is 7.31. The van der Waals surface area contributed by atoms with Gasteiger partial charge < -0.3 is 14.2 Å². The highest BCUT2D eigenvalue weighted by atomic mass is 32.1. The van der Waals surface area contributed by atoms with Crippen LogP contribution in [0.25, 0.3) is 6.08 Å². The van der Waals surface area contributed by atoms with Gasteiger partial charge in [-0.2, -0.15) is 0 Å². The van der Waals surface area contributed by atoms with Gasteiger partial charge in [0.1, 0.15) is 22.8 Å². The number of rotatable bonds is 7. The van der Waals surface area contributed by atoms with E-state index < -0.39 is 5.97 Å². The Kier molecular flexibility index (Phi) is 6.14. The van der Waals surface area contributed by atoms with E-state index in [0.717, 1.165) is 4.88 Å². The van der Waals surface area contributed by atoms with E-state index in [1.165, 1.54) is 37.7 Å². The highest BCUT2D eigenvalue weighted by molar-refractivity contribution is 7.10. The lowest BCUT2D eigenvalue weighted by Crippen LogP contribution is -2.10. The monoisotopic (exact) mass is 346 g/mol.